The number of rotatable bonds is 12. The second kappa shape index (κ2) is 13.2. The molecule has 9 heteroatoms. The fourth-order valence-electron chi connectivity index (χ4n) is 4.14. The van der Waals surface area contributed by atoms with Crippen LogP contribution in [0.2, 0.25) is 0 Å². The fourth-order valence-corrected chi connectivity index (χ4v) is 5.26. The van der Waals surface area contributed by atoms with Crippen LogP contribution in [0.25, 0.3) is 0 Å². The van der Waals surface area contributed by atoms with Gasteiger partial charge in [-0.15, -0.1) is 0 Å². The Hall–Kier alpha value is -2.91. The lowest BCUT2D eigenvalue weighted by atomic mass is 9.91. The summed E-state index contributed by atoms with van der Waals surface area (Å²) in [7, 11) is -4.29. The third-order valence-electron chi connectivity index (χ3n) is 6.09. The second-order valence-electron chi connectivity index (χ2n) is 10.8. The summed E-state index contributed by atoms with van der Waals surface area (Å²) in [5, 5.41) is 0. The van der Waals surface area contributed by atoms with Crippen LogP contribution in [0, 0.1) is 5.41 Å². The van der Waals surface area contributed by atoms with Crippen LogP contribution in [0.1, 0.15) is 75.7 Å². The monoisotopic (exact) mass is 545 g/mol. The topological polar surface area (TPSA) is 99.2 Å². The maximum atomic E-state index is 13.1. The highest BCUT2D eigenvalue weighted by Gasteiger charge is 2.27. The fraction of sp³-hybridized carbons (Fsp3) is 0.517. The van der Waals surface area contributed by atoms with Crippen molar-refractivity contribution >= 4 is 22.0 Å². The molecule has 0 aliphatic carbocycles. The maximum absolute atomic E-state index is 13.1. The number of hydrogen-bond acceptors (Lipinski definition) is 7. The molecule has 0 spiro atoms. The molecule has 1 amide bonds. The van der Waals surface area contributed by atoms with E-state index in [1.54, 1.807) is 30.3 Å². The Labute approximate surface area is 226 Å². The van der Waals surface area contributed by atoms with Gasteiger partial charge < -0.3 is 18.6 Å². The quantitative estimate of drug-likeness (QED) is 0.201. The minimum atomic E-state index is -4.29. The SMILES string of the molecule is CCCCOC(=O)c1ccccc1S(=O)(=O)Oc1ccc(CN(CC2CCCO2)C(=O)CC(C)(C)C)cc1. The van der Waals surface area contributed by atoms with Crippen molar-refractivity contribution in [3.8, 4) is 5.75 Å². The molecule has 1 aliphatic rings. The van der Waals surface area contributed by atoms with Gasteiger partial charge in [-0.3, -0.25) is 4.79 Å². The largest absolute Gasteiger partial charge is 0.462 e. The van der Waals surface area contributed by atoms with E-state index in [0.29, 0.717) is 32.5 Å². The van der Waals surface area contributed by atoms with Gasteiger partial charge in [-0.1, -0.05) is 58.4 Å². The van der Waals surface area contributed by atoms with E-state index in [2.05, 4.69) is 0 Å². The van der Waals surface area contributed by atoms with Gasteiger partial charge in [0.05, 0.1) is 18.3 Å². The van der Waals surface area contributed by atoms with E-state index in [4.69, 9.17) is 13.7 Å². The molecule has 2 aromatic rings. The molecule has 208 valence electrons. The summed E-state index contributed by atoms with van der Waals surface area (Å²) < 4.78 is 42.4. The highest BCUT2D eigenvalue weighted by molar-refractivity contribution is 7.87. The number of hydrogen-bond donors (Lipinski definition) is 0. The Balaban J connectivity index is 1.72. The van der Waals surface area contributed by atoms with Gasteiger partial charge in [-0.05, 0) is 54.5 Å². The first-order valence-corrected chi connectivity index (χ1v) is 14.6. The van der Waals surface area contributed by atoms with E-state index >= 15 is 0 Å². The van der Waals surface area contributed by atoms with Gasteiger partial charge in [0, 0.05) is 26.1 Å². The zero-order chi connectivity index (χ0) is 27.8. The number of carbonyl (C=O) groups excluding carboxylic acids is 2. The van der Waals surface area contributed by atoms with E-state index in [1.165, 1.54) is 18.2 Å². The van der Waals surface area contributed by atoms with Crippen molar-refractivity contribution in [3.05, 3.63) is 59.7 Å². The van der Waals surface area contributed by atoms with Gasteiger partial charge in [0.15, 0.2) is 0 Å². The third-order valence-corrected chi connectivity index (χ3v) is 7.40. The second-order valence-corrected chi connectivity index (χ2v) is 12.3. The van der Waals surface area contributed by atoms with Gasteiger partial charge in [-0.25, -0.2) is 4.79 Å². The predicted molar refractivity (Wildman–Crippen MR) is 144 cm³/mol. The lowest BCUT2D eigenvalue weighted by molar-refractivity contribution is -0.135. The molecule has 1 atom stereocenters. The molecule has 38 heavy (non-hydrogen) atoms. The van der Waals surface area contributed by atoms with Crippen molar-refractivity contribution in [3.63, 3.8) is 0 Å². The molecule has 0 radical (unpaired) electrons. The molecule has 0 bridgehead atoms. The zero-order valence-electron chi connectivity index (χ0n) is 22.8. The van der Waals surface area contributed by atoms with Crippen molar-refractivity contribution in [2.75, 3.05) is 19.8 Å². The molecule has 8 nitrogen and oxygen atoms in total. The Morgan fingerprint density at radius 3 is 2.42 bits per heavy atom. The summed E-state index contributed by atoms with van der Waals surface area (Å²) in [6.07, 6.45) is 3.91. The molecular weight excluding hydrogens is 506 g/mol. The van der Waals surface area contributed by atoms with Gasteiger partial charge in [-0.2, -0.15) is 8.42 Å². The van der Waals surface area contributed by atoms with Crippen LogP contribution in [0.5, 0.6) is 5.75 Å². The van der Waals surface area contributed by atoms with E-state index in [0.717, 1.165) is 24.8 Å². The number of carbonyl (C=O) groups is 2. The highest BCUT2D eigenvalue weighted by Crippen LogP contribution is 2.25. The molecule has 1 unspecified atom stereocenters. The molecule has 1 heterocycles. The third kappa shape index (κ3) is 8.84. The van der Waals surface area contributed by atoms with Crippen molar-refractivity contribution in [2.24, 2.45) is 5.41 Å². The molecule has 0 N–H and O–H groups in total. The molecule has 0 aromatic heterocycles. The summed E-state index contributed by atoms with van der Waals surface area (Å²) in [5.41, 5.74) is 0.633. The Morgan fingerprint density at radius 1 is 1.08 bits per heavy atom. The molecule has 1 aliphatic heterocycles. The summed E-state index contributed by atoms with van der Waals surface area (Å²) in [5.74, 6) is -0.546. The number of benzene rings is 2. The van der Waals surface area contributed by atoms with Crippen LogP contribution in [0.3, 0.4) is 0 Å². The number of amides is 1. The van der Waals surface area contributed by atoms with Crippen LogP contribution in [-0.2, 0) is 30.9 Å². The normalized spacial score (nSPS) is 15.7. The smallest absolute Gasteiger partial charge is 0.340 e. The Kier molecular flexibility index (Phi) is 10.3. The Bertz CT molecular complexity index is 1180. The summed E-state index contributed by atoms with van der Waals surface area (Å²) in [4.78, 5) is 27.1. The Morgan fingerprint density at radius 2 is 1.79 bits per heavy atom. The molecule has 0 saturated carbocycles. The van der Waals surface area contributed by atoms with E-state index in [9.17, 15) is 18.0 Å². The van der Waals surface area contributed by atoms with Gasteiger partial charge in [0.1, 0.15) is 10.6 Å². The standard InChI is InChI=1S/C29H39NO7S/c1-5-6-17-36-28(32)25-11-7-8-12-26(25)38(33,34)37-23-15-13-22(14-16-23)20-30(21-24-10-9-18-35-24)27(31)19-29(2,3)4/h7-8,11-16,24H,5-6,9-10,17-21H2,1-4H3. The van der Waals surface area contributed by atoms with E-state index in [-0.39, 0.29) is 40.2 Å². The van der Waals surface area contributed by atoms with Crippen LogP contribution in [-0.4, -0.2) is 51.1 Å². The lowest BCUT2D eigenvalue weighted by Gasteiger charge is -2.29. The van der Waals surface area contributed by atoms with Crippen LogP contribution < -0.4 is 4.18 Å². The predicted octanol–water partition coefficient (Wildman–Crippen LogP) is 5.36. The van der Waals surface area contributed by atoms with E-state index in [1.807, 2.05) is 32.6 Å². The average Bonchev–Trinajstić information content (AvgIpc) is 3.37. The van der Waals surface area contributed by atoms with E-state index < -0.39 is 16.1 Å². The van der Waals surface area contributed by atoms with Crippen LogP contribution in [0.4, 0.5) is 0 Å². The number of unbranched alkanes of at least 4 members (excludes halogenated alkanes) is 1. The maximum Gasteiger partial charge on any atom is 0.340 e. The number of nitrogens with zero attached hydrogens (tertiary/aromatic N) is 1. The number of esters is 1. The van der Waals surface area contributed by atoms with Crippen molar-refractivity contribution in [1.29, 1.82) is 0 Å². The van der Waals surface area contributed by atoms with Crippen LogP contribution >= 0.6 is 0 Å². The molecule has 2 aromatic carbocycles. The van der Waals surface area contributed by atoms with Crippen molar-refractivity contribution in [1.82, 2.24) is 4.90 Å². The summed E-state index contributed by atoms with van der Waals surface area (Å²) >= 11 is 0. The zero-order valence-corrected chi connectivity index (χ0v) is 23.6. The van der Waals surface area contributed by atoms with Gasteiger partial charge in [0.25, 0.3) is 0 Å². The highest BCUT2D eigenvalue weighted by atomic mass is 32.2. The van der Waals surface area contributed by atoms with Crippen molar-refractivity contribution < 1.29 is 31.7 Å². The minimum absolute atomic E-state index is 0.0281. The first-order valence-electron chi connectivity index (χ1n) is 13.2. The molecule has 3 rings (SSSR count). The first kappa shape index (κ1) is 29.6. The molecular formula is C29H39NO7S. The van der Waals surface area contributed by atoms with Gasteiger partial charge in [0.2, 0.25) is 5.91 Å². The first-order chi connectivity index (χ1) is 18.0. The molecule has 1 fully saturated rings. The minimum Gasteiger partial charge on any atom is -0.462 e. The summed E-state index contributed by atoms with van der Waals surface area (Å²) in [6.45, 7) is 9.90. The number of ether oxygens (including phenoxy) is 2. The van der Waals surface area contributed by atoms with Gasteiger partial charge >= 0.3 is 16.1 Å². The molecule has 1 saturated heterocycles. The lowest BCUT2D eigenvalue weighted by Crippen LogP contribution is -2.38. The average molecular weight is 546 g/mol. The summed E-state index contributed by atoms with van der Waals surface area (Å²) in [6, 6.07) is 12.4. The van der Waals surface area contributed by atoms with Crippen LogP contribution in [0.15, 0.2) is 53.4 Å². The van der Waals surface area contributed by atoms with Crippen molar-refractivity contribution in [2.45, 2.75) is 77.3 Å².